The smallest absolute Gasteiger partial charge is 0.308 e. The second kappa shape index (κ2) is 7.53. The van der Waals surface area contributed by atoms with Gasteiger partial charge in [-0.1, -0.05) is 24.6 Å². The van der Waals surface area contributed by atoms with Crippen LogP contribution in [0.15, 0.2) is 18.2 Å². The van der Waals surface area contributed by atoms with Gasteiger partial charge in [0.25, 0.3) is 0 Å². The van der Waals surface area contributed by atoms with E-state index in [-0.39, 0.29) is 18.9 Å². The van der Waals surface area contributed by atoms with Crippen LogP contribution < -0.4 is 10.1 Å². The van der Waals surface area contributed by atoms with E-state index < -0.39 is 11.9 Å². The van der Waals surface area contributed by atoms with Crippen LogP contribution in [0.3, 0.4) is 0 Å². The maximum absolute atomic E-state index is 11.9. The van der Waals surface area contributed by atoms with E-state index in [0.29, 0.717) is 12.2 Å². The normalized spacial score (nSPS) is 11.8. The van der Waals surface area contributed by atoms with Crippen molar-refractivity contribution in [1.29, 1.82) is 0 Å². The summed E-state index contributed by atoms with van der Waals surface area (Å²) in [6.45, 7) is 3.88. The number of amides is 1. The summed E-state index contributed by atoms with van der Waals surface area (Å²) in [5, 5.41) is 11.6. The van der Waals surface area contributed by atoms with Crippen molar-refractivity contribution in [3.63, 3.8) is 0 Å². The molecule has 1 amide bonds. The van der Waals surface area contributed by atoms with Crippen molar-refractivity contribution < 1.29 is 19.4 Å². The molecule has 5 heteroatoms. The number of aliphatic carboxylic acids is 1. The molecular weight excluding hydrogens is 258 g/mol. The summed E-state index contributed by atoms with van der Waals surface area (Å²) in [6.07, 6.45) is 0.671. The highest BCUT2D eigenvalue weighted by molar-refractivity contribution is 5.80. The Labute approximate surface area is 118 Å². The third kappa shape index (κ3) is 4.57. The van der Waals surface area contributed by atoms with Crippen LogP contribution in [-0.2, 0) is 16.0 Å². The molecule has 0 aliphatic carbocycles. The van der Waals surface area contributed by atoms with Gasteiger partial charge in [0, 0.05) is 12.1 Å². The number of carbonyl (C=O) groups is 2. The highest BCUT2D eigenvalue weighted by atomic mass is 16.5. The van der Waals surface area contributed by atoms with E-state index in [1.165, 1.54) is 0 Å². The Morgan fingerprint density at radius 2 is 2.10 bits per heavy atom. The number of ether oxygens (including phenoxy) is 1. The molecule has 110 valence electrons. The number of rotatable bonds is 7. The predicted molar refractivity (Wildman–Crippen MR) is 75.9 cm³/mol. The highest BCUT2D eigenvalue weighted by Crippen LogP contribution is 2.20. The van der Waals surface area contributed by atoms with Gasteiger partial charge in [-0.05, 0) is 19.4 Å². The lowest BCUT2D eigenvalue weighted by molar-refractivity contribution is -0.141. The molecule has 0 saturated carbocycles. The van der Waals surface area contributed by atoms with Gasteiger partial charge in [-0.15, -0.1) is 0 Å². The predicted octanol–water partition coefficient (Wildman–Crippen LogP) is 1.77. The van der Waals surface area contributed by atoms with E-state index in [0.717, 1.165) is 11.1 Å². The average Bonchev–Trinajstić information content (AvgIpc) is 2.39. The second-order valence-corrected chi connectivity index (χ2v) is 4.74. The van der Waals surface area contributed by atoms with E-state index >= 15 is 0 Å². The SMILES string of the molecule is CCC(CNC(=O)Cc1cc(C)ccc1OC)C(=O)O. The number of aryl methyl sites for hydroxylation is 1. The first-order valence-electron chi connectivity index (χ1n) is 6.61. The topological polar surface area (TPSA) is 75.6 Å². The van der Waals surface area contributed by atoms with Crippen molar-refractivity contribution in [1.82, 2.24) is 5.32 Å². The van der Waals surface area contributed by atoms with Crippen LogP contribution in [0.25, 0.3) is 0 Å². The number of benzene rings is 1. The molecule has 1 aromatic carbocycles. The highest BCUT2D eigenvalue weighted by Gasteiger charge is 2.16. The summed E-state index contributed by atoms with van der Waals surface area (Å²) in [5.41, 5.74) is 1.85. The molecule has 0 aliphatic rings. The first-order valence-corrected chi connectivity index (χ1v) is 6.61. The molecule has 2 N–H and O–H groups in total. The fourth-order valence-electron chi connectivity index (χ4n) is 1.92. The Morgan fingerprint density at radius 3 is 2.65 bits per heavy atom. The molecular formula is C15H21NO4. The zero-order valence-corrected chi connectivity index (χ0v) is 12.1. The van der Waals surface area contributed by atoms with Crippen molar-refractivity contribution in [2.45, 2.75) is 26.7 Å². The van der Waals surface area contributed by atoms with Crippen LogP contribution >= 0.6 is 0 Å². The lowest BCUT2D eigenvalue weighted by atomic mass is 10.1. The fourth-order valence-corrected chi connectivity index (χ4v) is 1.92. The summed E-state index contributed by atoms with van der Waals surface area (Å²) in [6, 6.07) is 5.63. The van der Waals surface area contributed by atoms with E-state index in [1.54, 1.807) is 14.0 Å². The molecule has 1 atom stereocenters. The lowest BCUT2D eigenvalue weighted by Crippen LogP contribution is -2.33. The van der Waals surface area contributed by atoms with Crippen LogP contribution in [0.5, 0.6) is 5.75 Å². The number of carboxylic acid groups (broad SMARTS) is 1. The first-order chi connectivity index (χ1) is 9.47. The molecule has 1 rings (SSSR count). The molecule has 0 bridgehead atoms. The zero-order valence-electron chi connectivity index (χ0n) is 12.1. The first kappa shape index (κ1) is 16.0. The molecule has 0 spiro atoms. The molecule has 1 aromatic rings. The maximum atomic E-state index is 11.9. The van der Waals surface area contributed by atoms with Crippen LogP contribution in [0.2, 0.25) is 0 Å². The summed E-state index contributed by atoms with van der Waals surface area (Å²) >= 11 is 0. The van der Waals surface area contributed by atoms with Crippen LogP contribution in [0.4, 0.5) is 0 Å². The molecule has 5 nitrogen and oxygen atoms in total. The van der Waals surface area contributed by atoms with Gasteiger partial charge in [0.2, 0.25) is 5.91 Å². The second-order valence-electron chi connectivity index (χ2n) is 4.74. The van der Waals surface area contributed by atoms with Gasteiger partial charge in [0.05, 0.1) is 19.4 Å². The van der Waals surface area contributed by atoms with Gasteiger partial charge in [-0.3, -0.25) is 9.59 Å². The zero-order chi connectivity index (χ0) is 15.1. The molecule has 0 aromatic heterocycles. The Bertz CT molecular complexity index is 485. The van der Waals surface area contributed by atoms with Gasteiger partial charge < -0.3 is 15.2 Å². The standard InChI is InChI=1S/C15H21NO4/c1-4-11(15(18)19)9-16-14(17)8-12-7-10(2)5-6-13(12)20-3/h5-7,11H,4,8-9H2,1-3H3,(H,16,17)(H,18,19). The number of carbonyl (C=O) groups excluding carboxylic acids is 1. The minimum atomic E-state index is -0.888. The number of hydrogen-bond donors (Lipinski definition) is 2. The third-order valence-corrected chi connectivity index (χ3v) is 3.17. The van der Waals surface area contributed by atoms with Crippen molar-refractivity contribution in [2.24, 2.45) is 5.92 Å². The maximum Gasteiger partial charge on any atom is 0.308 e. The lowest BCUT2D eigenvalue weighted by Gasteiger charge is -2.12. The molecule has 0 radical (unpaired) electrons. The number of carboxylic acids is 1. The number of hydrogen-bond acceptors (Lipinski definition) is 3. The van der Waals surface area contributed by atoms with Gasteiger partial charge in [0.15, 0.2) is 0 Å². The monoisotopic (exact) mass is 279 g/mol. The van der Waals surface area contributed by atoms with Gasteiger partial charge in [-0.25, -0.2) is 0 Å². The molecule has 20 heavy (non-hydrogen) atoms. The Morgan fingerprint density at radius 1 is 1.40 bits per heavy atom. The van der Waals surface area contributed by atoms with Crippen molar-refractivity contribution in [3.05, 3.63) is 29.3 Å². The number of nitrogens with one attached hydrogen (secondary N) is 1. The summed E-state index contributed by atoms with van der Waals surface area (Å²) in [7, 11) is 1.56. The minimum absolute atomic E-state index is 0.152. The van der Waals surface area contributed by atoms with Gasteiger partial charge >= 0.3 is 5.97 Å². The van der Waals surface area contributed by atoms with Crippen LogP contribution in [0, 0.1) is 12.8 Å². The Hall–Kier alpha value is -2.04. The summed E-state index contributed by atoms with van der Waals surface area (Å²) < 4.78 is 5.21. The van der Waals surface area contributed by atoms with E-state index in [2.05, 4.69) is 5.32 Å². The van der Waals surface area contributed by atoms with Crippen LogP contribution in [0.1, 0.15) is 24.5 Å². The molecule has 0 heterocycles. The molecule has 0 saturated heterocycles. The fraction of sp³-hybridized carbons (Fsp3) is 0.467. The summed E-state index contributed by atoms with van der Waals surface area (Å²) in [5.74, 6) is -0.969. The van der Waals surface area contributed by atoms with Gasteiger partial charge in [0.1, 0.15) is 5.75 Å². The molecule has 0 aliphatic heterocycles. The van der Waals surface area contributed by atoms with Crippen LogP contribution in [-0.4, -0.2) is 30.6 Å². The quantitative estimate of drug-likeness (QED) is 0.797. The number of methoxy groups -OCH3 is 1. The van der Waals surface area contributed by atoms with Crippen molar-refractivity contribution in [2.75, 3.05) is 13.7 Å². The summed E-state index contributed by atoms with van der Waals surface area (Å²) in [4.78, 5) is 22.8. The van der Waals surface area contributed by atoms with E-state index in [1.807, 2.05) is 25.1 Å². The Balaban J connectivity index is 2.62. The Kier molecular flexibility index (Phi) is 6.03. The third-order valence-electron chi connectivity index (χ3n) is 3.17. The minimum Gasteiger partial charge on any atom is -0.496 e. The van der Waals surface area contributed by atoms with Crippen molar-refractivity contribution >= 4 is 11.9 Å². The van der Waals surface area contributed by atoms with E-state index in [9.17, 15) is 9.59 Å². The largest absolute Gasteiger partial charge is 0.496 e. The van der Waals surface area contributed by atoms with Gasteiger partial charge in [-0.2, -0.15) is 0 Å². The molecule has 1 unspecified atom stereocenters. The molecule has 0 fully saturated rings. The average molecular weight is 279 g/mol. The van der Waals surface area contributed by atoms with E-state index in [4.69, 9.17) is 9.84 Å². The van der Waals surface area contributed by atoms with Crippen molar-refractivity contribution in [3.8, 4) is 5.75 Å².